The highest BCUT2D eigenvalue weighted by Crippen LogP contribution is 2.39. The molecule has 206 valence electrons. The number of ether oxygens (including phenoxy) is 2. The molecule has 2 aromatic rings. The molecule has 1 aromatic heterocycles. The lowest BCUT2D eigenvalue weighted by atomic mass is 9.84. The van der Waals surface area contributed by atoms with Gasteiger partial charge in [0.15, 0.2) is 0 Å². The number of methoxy groups -OCH3 is 1. The van der Waals surface area contributed by atoms with E-state index < -0.39 is 9.84 Å². The Morgan fingerprint density at radius 3 is 2.68 bits per heavy atom. The number of sulfone groups is 1. The number of hydrogen-bond donors (Lipinski definition) is 1. The monoisotopic (exact) mass is 543 g/mol. The van der Waals surface area contributed by atoms with Crippen molar-refractivity contribution < 1.29 is 22.7 Å². The van der Waals surface area contributed by atoms with Crippen LogP contribution in [0.15, 0.2) is 30.5 Å². The smallest absolute Gasteiger partial charge is 0.225 e. The predicted octanol–water partition coefficient (Wildman–Crippen LogP) is 2.81. The molecule has 1 amide bonds. The van der Waals surface area contributed by atoms with E-state index in [0.717, 1.165) is 61.5 Å². The molecule has 11 heteroatoms. The number of nitrogens with zero attached hydrogens (tertiary/aromatic N) is 4. The van der Waals surface area contributed by atoms with Crippen LogP contribution in [-0.2, 0) is 25.8 Å². The Labute approximate surface area is 224 Å². The van der Waals surface area contributed by atoms with Crippen LogP contribution in [0.5, 0.6) is 5.75 Å². The van der Waals surface area contributed by atoms with Gasteiger partial charge < -0.3 is 24.6 Å². The molecule has 1 aliphatic carbocycles. The minimum atomic E-state index is -2.99. The molecule has 3 aliphatic rings. The molecule has 1 saturated carbocycles. The molecule has 0 radical (unpaired) electrons. The standard InChI is InChI=1S/C27H37N5O5S/c1-36-21-17-31(18-21)26(33)19-7-9-20(10-8-19)29-27-28-13-11-25(30-27)32-14-12-22-23(32)5-3-6-24(22)37-15-4-16-38(2,34)35/h3,5-6,11,13,19-21H,4,7-10,12,14-18H2,1-2H3,(H,28,29,30)/t19-,20-. The maximum Gasteiger partial charge on any atom is 0.225 e. The lowest BCUT2D eigenvalue weighted by molar-refractivity contribution is -0.148. The Morgan fingerprint density at radius 1 is 1.16 bits per heavy atom. The second-order valence-corrected chi connectivity index (χ2v) is 12.8. The highest BCUT2D eigenvalue weighted by molar-refractivity contribution is 7.90. The quantitative estimate of drug-likeness (QED) is 0.452. The predicted molar refractivity (Wildman–Crippen MR) is 146 cm³/mol. The Balaban J connectivity index is 1.16. The van der Waals surface area contributed by atoms with Gasteiger partial charge in [-0.05, 0) is 56.7 Å². The van der Waals surface area contributed by atoms with E-state index in [1.165, 1.54) is 6.26 Å². The van der Waals surface area contributed by atoms with Gasteiger partial charge in [0, 0.05) is 62.4 Å². The summed E-state index contributed by atoms with van der Waals surface area (Å²) in [5.74, 6) is 2.71. The fraction of sp³-hybridized carbons (Fsp3) is 0.593. The Hall–Kier alpha value is -2.92. The van der Waals surface area contributed by atoms with Crippen molar-refractivity contribution in [1.82, 2.24) is 14.9 Å². The SMILES string of the molecule is COC1CN(C(=O)[C@H]2CC[C@H](Nc3nccc(N4CCc5c(OCCCS(C)(=O)=O)cccc54)n3)CC2)C1. The molecule has 5 rings (SSSR count). The largest absolute Gasteiger partial charge is 0.493 e. The van der Waals surface area contributed by atoms with E-state index in [1.54, 1.807) is 13.3 Å². The van der Waals surface area contributed by atoms with E-state index >= 15 is 0 Å². The van der Waals surface area contributed by atoms with Crippen LogP contribution in [0.3, 0.4) is 0 Å². The summed E-state index contributed by atoms with van der Waals surface area (Å²) in [5.41, 5.74) is 2.16. The van der Waals surface area contributed by atoms with Crippen molar-refractivity contribution in [3.05, 3.63) is 36.0 Å². The van der Waals surface area contributed by atoms with Crippen LogP contribution in [0.4, 0.5) is 17.5 Å². The van der Waals surface area contributed by atoms with Crippen LogP contribution in [-0.4, -0.2) is 86.7 Å². The van der Waals surface area contributed by atoms with E-state index in [1.807, 2.05) is 23.1 Å². The van der Waals surface area contributed by atoms with E-state index in [9.17, 15) is 13.2 Å². The third kappa shape index (κ3) is 6.20. The molecule has 1 N–H and O–H groups in total. The summed E-state index contributed by atoms with van der Waals surface area (Å²) in [6.45, 7) is 2.57. The third-order valence-corrected chi connectivity index (χ3v) is 8.75. The zero-order chi connectivity index (χ0) is 26.7. The van der Waals surface area contributed by atoms with Crippen molar-refractivity contribution in [2.45, 2.75) is 50.7 Å². The number of amides is 1. The fourth-order valence-corrected chi connectivity index (χ4v) is 6.18. The van der Waals surface area contributed by atoms with E-state index in [2.05, 4.69) is 21.3 Å². The lowest BCUT2D eigenvalue weighted by Crippen LogP contribution is -2.56. The van der Waals surface area contributed by atoms with Crippen molar-refractivity contribution >= 4 is 33.2 Å². The summed E-state index contributed by atoms with van der Waals surface area (Å²) < 4.78 is 34.0. The number of aromatic nitrogens is 2. The second kappa shape index (κ2) is 11.4. The zero-order valence-corrected chi connectivity index (χ0v) is 23.0. The number of hydrogen-bond acceptors (Lipinski definition) is 9. The molecule has 0 spiro atoms. The van der Waals surface area contributed by atoms with Gasteiger partial charge in [0.1, 0.15) is 21.4 Å². The van der Waals surface area contributed by atoms with Crippen molar-refractivity contribution in [3.8, 4) is 5.75 Å². The van der Waals surface area contributed by atoms with Crippen LogP contribution in [0.2, 0.25) is 0 Å². The molecule has 10 nitrogen and oxygen atoms in total. The van der Waals surface area contributed by atoms with Gasteiger partial charge in [0.2, 0.25) is 11.9 Å². The molecule has 3 heterocycles. The normalized spacial score (nSPS) is 21.6. The summed E-state index contributed by atoms with van der Waals surface area (Å²) in [6.07, 6.45) is 8.08. The molecule has 2 aliphatic heterocycles. The maximum absolute atomic E-state index is 12.7. The summed E-state index contributed by atoms with van der Waals surface area (Å²) in [6, 6.07) is 8.12. The van der Waals surface area contributed by atoms with Crippen molar-refractivity contribution in [3.63, 3.8) is 0 Å². The topological polar surface area (TPSA) is 114 Å². The van der Waals surface area contributed by atoms with Gasteiger partial charge in [0.05, 0.1) is 18.5 Å². The Morgan fingerprint density at radius 2 is 1.95 bits per heavy atom. The highest BCUT2D eigenvalue weighted by Gasteiger charge is 2.36. The number of carbonyl (C=O) groups is 1. The van der Waals surface area contributed by atoms with E-state index in [4.69, 9.17) is 14.5 Å². The molecule has 2 fully saturated rings. The molecule has 1 saturated heterocycles. The number of benzene rings is 1. The minimum absolute atomic E-state index is 0.0991. The minimum Gasteiger partial charge on any atom is -0.493 e. The summed E-state index contributed by atoms with van der Waals surface area (Å²) >= 11 is 0. The first-order valence-corrected chi connectivity index (χ1v) is 15.5. The number of likely N-dealkylation sites (tertiary alicyclic amines) is 1. The number of nitrogens with one attached hydrogen (secondary N) is 1. The van der Waals surface area contributed by atoms with Gasteiger partial charge >= 0.3 is 0 Å². The van der Waals surface area contributed by atoms with Crippen LogP contribution in [0.1, 0.15) is 37.7 Å². The van der Waals surface area contributed by atoms with Gasteiger partial charge in [-0.2, -0.15) is 4.98 Å². The van der Waals surface area contributed by atoms with Gasteiger partial charge in [-0.3, -0.25) is 4.79 Å². The number of rotatable bonds is 10. The van der Waals surface area contributed by atoms with Crippen LogP contribution >= 0.6 is 0 Å². The second-order valence-electron chi connectivity index (χ2n) is 10.5. The molecule has 0 atom stereocenters. The van der Waals surface area contributed by atoms with Crippen LogP contribution < -0.4 is 15.0 Å². The molecular formula is C27H37N5O5S. The molecule has 1 aromatic carbocycles. The summed E-state index contributed by atoms with van der Waals surface area (Å²) in [5, 5.41) is 3.49. The summed E-state index contributed by atoms with van der Waals surface area (Å²) in [4.78, 5) is 26.1. The first-order chi connectivity index (χ1) is 18.3. The Kier molecular flexibility index (Phi) is 8.04. The maximum atomic E-state index is 12.7. The van der Waals surface area contributed by atoms with Gasteiger partial charge in [-0.25, -0.2) is 13.4 Å². The molecule has 0 unspecified atom stereocenters. The van der Waals surface area contributed by atoms with E-state index in [-0.39, 0.29) is 29.7 Å². The first-order valence-electron chi connectivity index (χ1n) is 13.4. The van der Waals surface area contributed by atoms with Gasteiger partial charge in [0.25, 0.3) is 0 Å². The molecule has 38 heavy (non-hydrogen) atoms. The number of fused-ring (bicyclic) bond motifs is 1. The number of anilines is 3. The van der Waals surface area contributed by atoms with Gasteiger partial charge in [-0.1, -0.05) is 6.07 Å². The lowest BCUT2D eigenvalue weighted by Gasteiger charge is -2.41. The zero-order valence-electron chi connectivity index (χ0n) is 22.1. The number of carbonyl (C=O) groups excluding carboxylic acids is 1. The van der Waals surface area contributed by atoms with Crippen LogP contribution in [0.25, 0.3) is 0 Å². The summed E-state index contributed by atoms with van der Waals surface area (Å²) in [7, 11) is -1.29. The fourth-order valence-electron chi connectivity index (χ4n) is 5.54. The van der Waals surface area contributed by atoms with Crippen molar-refractivity contribution in [1.29, 1.82) is 0 Å². The average Bonchev–Trinajstić information content (AvgIpc) is 3.31. The molecular weight excluding hydrogens is 506 g/mol. The first kappa shape index (κ1) is 26.7. The third-order valence-electron chi connectivity index (χ3n) is 7.72. The van der Waals surface area contributed by atoms with E-state index in [0.29, 0.717) is 32.1 Å². The molecule has 0 bridgehead atoms. The van der Waals surface area contributed by atoms with Crippen molar-refractivity contribution in [2.75, 3.05) is 55.6 Å². The van der Waals surface area contributed by atoms with Crippen molar-refractivity contribution in [2.24, 2.45) is 5.92 Å². The Bertz CT molecular complexity index is 1240. The highest BCUT2D eigenvalue weighted by atomic mass is 32.2. The van der Waals surface area contributed by atoms with Gasteiger partial charge in [-0.15, -0.1) is 0 Å². The van der Waals surface area contributed by atoms with Crippen LogP contribution in [0, 0.1) is 5.92 Å². The average molecular weight is 544 g/mol.